The van der Waals surface area contributed by atoms with E-state index < -0.39 is 0 Å². The molecule has 2 rings (SSSR count). The van der Waals surface area contributed by atoms with E-state index in [1.807, 2.05) is 36.1 Å². The van der Waals surface area contributed by atoms with Gasteiger partial charge in [-0.3, -0.25) is 9.59 Å². The maximum absolute atomic E-state index is 12.2. The number of ether oxygens (including phenoxy) is 1. The predicted octanol–water partition coefficient (Wildman–Crippen LogP) is 2.98. The molecule has 1 aromatic carbocycles. The van der Waals surface area contributed by atoms with Crippen LogP contribution in [0, 0.1) is 5.92 Å². The van der Waals surface area contributed by atoms with Crippen molar-refractivity contribution in [2.45, 2.75) is 32.6 Å². The van der Waals surface area contributed by atoms with Crippen molar-refractivity contribution in [1.82, 2.24) is 10.2 Å². The van der Waals surface area contributed by atoms with Crippen molar-refractivity contribution in [3.05, 3.63) is 28.7 Å². The number of carbonyl (C=O) groups excluding carboxylic acids is 2. The van der Waals surface area contributed by atoms with Crippen molar-refractivity contribution in [3.63, 3.8) is 0 Å². The van der Waals surface area contributed by atoms with Gasteiger partial charge < -0.3 is 15.0 Å². The van der Waals surface area contributed by atoms with Gasteiger partial charge in [-0.2, -0.15) is 0 Å². The van der Waals surface area contributed by atoms with Gasteiger partial charge >= 0.3 is 0 Å². The van der Waals surface area contributed by atoms with Gasteiger partial charge in [-0.1, -0.05) is 28.9 Å². The smallest absolute Gasteiger partial charge is 0.223 e. The van der Waals surface area contributed by atoms with Crippen LogP contribution in [-0.4, -0.2) is 43.0 Å². The quantitative estimate of drug-likeness (QED) is 0.720. The maximum atomic E-state index is 12.2. The van der Waals surface area contributed by atoms with Crippen LogP contribution < -0.4 is 10.1 Å². The summed E-state index contributed by atoms with van der Waals surface area (Å²) in [6.07, 6.45) is 2.96. The highest BCUT2D eigenvalue weighted by atomic mass is 79.9. The SMILES string of the molecule is CCCC(=O)N1CCC(C(=O)NCCOc2cccc(Br)c2)CC1. The lowest BCUT2D eigenvalue weighted by molar-refractivity contribution is -0.135. The molecular weight excluding hydrogens is 372 g/mol. The van der Waals surface area contributed by atoms with Gasteiger partial charge in [0.25, 0.3) is 0 Å². The van der Waals surface area contributed by atoms with Gasteiger partial charge in [0.05, 0.1) is 6.54 Å². The zero-order valence-corrected chi connectivity index (χ0v) is 15.7. The number of amides is 2. The summed E-state index contributed by atoms with van der Waals surface area (Å²) in [7, 11) is 0. The molecule has 1 fully saturated rings. The Morgan fingerprint density at radius 3 is 2.75 bits per heavy atom. The average Bonchev–Trinajstić information content (AvgIpc) is 2.59. The fraction of sp³-hybridized carbons (Fsp3) is 0.556. The standard InChI is InChI=1S/C18H25BrN2O3/c1-2-4-17(22)21-10-7-14(8-11-21)18(23)20-9-12-24-16-6-3-5-15(19)13-16/h3,5-6,13-14H,2,4,7-12H2,1H3,(H,20,23). The molecule has 0 aromatic heterocycles. The lowest BCUT2D eigenvalue weighted by Crippen LogP contribution is -2.43. The van der Waals surface area contributed by atoms with Crippen molar-refractivity contribution in [1.29, 1.82) is 0 Å². The monoisotopic (exact) mass is 396 g/mol. The summed E-state index contributed by atoms with van der Waals surface area (Å²) in [6, 6.07) is 7.62. The Morgan fingerprint density at radius 2 is 2.08 bits per heavy atom. The highest BCUT2D eigenvalue weighted by Gasteiger charge is 2.26. The second-order valence-corrected chi connectivity index (χ2v) is 6.92. The van der Waals surface area contributed by atoms with Crippen LogP contribution in [0.1, 0.15) is 32.6 Å². The van der Waals surface area contributed by atoms with E-state index in [0.29, 0.717) is 32.7 Å². The van der Waals surface area contributed by atoms with E-state index in [2.05, 4.69) is 21.2 Å². The summed E-state index contributed by atoms with van der Waals surface area (Å²) in [4.78, 5) is 25.9. The zero-order chi connectivity index (χ0) is 17.4. The molecule has 0 unspecified atom stereocenters. The molecule has 24 heavy (non-hydrogen) atoms. The predicted molar refractivity (Wildman–Crippen MR) is 96.9 cm³/mol. The molecule has 0 aliphatic carbocycles. The third-order valence-electron chi connectivity index (χ3n) is 4.15. The number of likely N-dealkylation sites (tertiary alicyclic amines) is 1. The summed E-state index contributed by atoms with van der Waals surface area (Å²) in [5.74, 6) is 1.05. The molecule has 0 bridgehead atoms. The van der Waals surface area contributed by atoms with Crippen molar-refractivity contribution in [3.8, 4) is 5.75 Å². The van der Waals surface area contributed by atoms with Crippen molar-refractivity contribution in [2.24, 2.45) is 5.92 Å². The molecule has 132 valence electrons. The Bertz CT molecular complexity index is 557. The lowest BCUT2D eigenvalue weighted by atomic mass is 9.95. The molecule has 1 aliphatic rings. The average molecular weight is 397 g/mol. The Labute approximate surface area is 151 Å². The minimum atomic E-state index is 0.00143. The van der Waals surface area contributed by atoms with Crippen LogP contribution in [-0.2, 0) is 9.59 Å². The maximum Gasteiger partial charge on any atom is 0.223 e. The van der Waals surface area contributed by atoms with Crippen molar-refractivity contribution < 1.29 is 14.3 Å². The van der Waals surface area contributed by atoms with Gasteiger partial charge in [-0.15, -0.1) is 0 Å². The zero-order valence-electron chi connectivity index (χ0n) is 14.1. The van der Waals surface area contributed by atoms with E-state index in [0.717, 1.165) is 29.5 Å². The van der Waals surface area contributed by atoms with Gasteiger partial charge in [-0.05, 0) is 37.5 Å². The third kappa shape index (κ3) is 5.82. The molecule has 1 aromatic rings. The van der Waals surface area contributed by atoms with Gasteiger partial charge in [0.2, 0.25) is 11.8 Å². The first kappa shape index (κ1) is 18.8. The van der Waals surface area contributed by atoms with Gasteiger partial charge in [0.15, 0.2) is 0 Å². The summed E-state index contributed by atoms with van der Waals surface area (Å²) < 4.78 is 6.57. The molecule has 1 aliphatic heterocycles. The first-order chi connectivity index (χ1) is 11.6. The molecule has 0 atom stereocenters. The van der Waals surface area contributed by atoms with E-state index in [-0.39, 0.29) is 17.7 Å². The van der Waals surface area contributed by atoms with Crippen molar-refractivity contribution >= 4 is 27.7 Å². The van der Waals surface area contributed by atoms with E-state index >= 15 is 0 Å². The number of rotatable bonds is 7. The Morgan fingerprint density at radius 1 is 1.33 bits per heavy atom. The molecule has 2 amide bonds. The topological polar surface area (TPSA) is 58.6 Å². The van der Waals surface area contributed by atoms with Crippen LogP contribution in [0.25, 0.3) is 0 Å². The normalized spacial score (nSPS) is 15.2. The van der Waals surface area contributed by atoms with Crippen molar-refractivity contribution in [2.75, 3.05) is 26.2 Å². The van der Waals surface area contributed by atoms with Crippen LogP contribution >= 0.6 is 15.9 Å². The highest BCUT2D eigenvalue weighted by molar-refractivity contribution is 9.10. The van der Waals surface area contributed by atoms with Crippen LogP contribution in [0.2, 0.25) is 0 Å². The van der Waals surface area contributed by atoms with Gasteiger partial charge in [0, 0.05) is 29.9 Å². The number of hydrogen-bond donors (Lipinski definition) is 1. The number of hydrogen-bond acceptors (Lipinski definition) is 3. The molecule has 0 spiro atoms. The third-order valence-corrected chi connectivity index (χ3v) is 4.64. The van der Waals surface area contributed by atoms with E-state index in [1.54, 1.807) is 0 Å². The fourth-order valence-corrected chi connectivity index (χ4v) is 3.19. The number of carbonyl (C=O) groups is 2. The van der Waals surface area contributed by atoms with Crippen LogP contribution in [0.3, 0.4) is 0 Å². The van der Waals surface area contributed by atoms with E-state index in [4.69, 9.17) is 4.74 Å². The molecule has 1 N–H and O–H groups in total. The number of benzene rings is 1. The number of halogens is 1. The summed E-state index contributed by atoms with van der Waals surface area (Å²) >= 11 is 3.39. The lowest BCUT2D eigenvalue weighted by Gasteiger charge is -2.31. The summed E-state index contributed by atoms with van der Waals surface area (Å²) in [5, 5.41) is 2.93. The van der Waals surface area contributed by atoms with E-state index in [9.17, 15) is 9.59 Å². The van der Waals surface area contributed by atoms with E-state index in [1.165, 1.54) is 0 Å². The Kier molecular flexibility index (Phi) is 7.56. The molecule has 1 heterocycles. The molecular formula is C18H25BrN2O3. The Balaban J connectivity index is 1.64. The minimum Gasteiger partial charge on any atom is -0.492 e. The van der Waals surface area contributed by atoms with Crippen LogP contribution in [0.15, 0.2) is 28.7 Å². The number of nitrogens with zero attached hydrogens (tertiary/aromatic N) is 1. The summed E-state index contributed by atoms with van der Waals surface area (Å²) in [5.41, 5.74) is 0. The second kappa shape index (κ2) is 9.67. The molecule has 0 saturated carbocycles. The van der Waals surface area contributed by atoms with Crippen LogP contribution in [0.5, 0.6) is 5.75 Å². The molecule has 0 radical (unpaired) electrons. The molecule has 1 saturated heterocycles. The molecule has 5 nitrogen and oxygen atoms in total. The molecule has 6 heteroatoms. The number of piperidine rings is 1. The fourth-order valence-electron chi connectivity index (χ4n) is 2.81. The minimum absolute atomic E-state index is 0.00143. The van der Waals surface area contributed by atoms with Crippen LogP contribution in [0.4, 0.5) is 0 Å². The largest absolute Gasteiger partial charge is 0.492 e. The highest BCUT2D eigenvalue weighted by Crippen LogP contribution is 2.19. The first-order valence-corrected chi connectivity index (χ1v) is 9.33. The second-order valence-electron chi connectivity index (χ2n) is 6.00. The Hall–Kier alpha value is -1.56. The van der Waals surface area contributed by atoms with Gasteiger partial charge in [-0.25, -0.2) is 0 Å². The summed E-state index contributed by atoms with van der Waals surface area (Å²) in [6.45, 7) is 4.31. The number of nitrogens with one attached hydrogen (secondary N) is 1. The van der Waals surface area contributed by atoms with Gasteiger partial charge in [0.1, 0.15) is 12.4 Å². The first-order valence-electron chi connectivity index (χ1n) is 8.54.